The molecule has 0 heterocycles. The topological polar surface area (TPSA) is 58.1 Å². The van der Waals surface area contributed by atoms with E-state index in [4.69, 9.17) is 9.47 Å². The van der Waals surface area contributed by atoms with E-state index in [0.29, 0.717) is 0 Å². The number of aliphatic imine (C=N–C) groups is 1. The van der Waals surface area contributed by atoms with Crippen LogP contribution in [0.15, 0.2) is 4.99 Å². The van der Waals surface area contributed by atoms with Gasteiger partial charge in [-0.3, -0.25) is 9.89 Å². The van der Waals surface area contributed by atoms with E-state index in [1.165, 1.54) is 12.8 Å². The minimum Gasteiger partial charge on any atom is -0.383 e. The molecule has 0 aromatic heterocycles. The van der Waals surface area contributed by atoms with Crippen LogP contribution in [0.1, 0.15) is 26.7 Å². The molecule has 1 aliphatic carbocycles. The summed E-state index contributed by atoms with van der Waals surface area (Å²) in [6.45, 7) is 8.52. The zero-order chi connectivity index (χ0) is 15.7. The van der Waals surface area contributed by atoms with E-state index < -0.39 is 0 Å². The van der Waals surface area contributed by atoms with E-state index in [9.17, 15) is 0 Å². The van der Waals surface area contributed by atoms with Crippen LogP contribution < -0.4 is 10.6 Å². The number of hydrogen-bond acceptors (Lipinski definition) is 4. The molecule has 1 aliphatic rings. The summed E-state index contributed by atoms with van der Waals surface area (Å²) in [5, 5.41) is 6.65. The fraction of sp³-hybridized carbons (Fsp3) is 0.933. The minimum absolute atomic E-state index is 0.198. The summed E-state index contributed by atoms with van der Waals surface area (Å²) >= 11 is 0. The quantitative estimate of drug-likeness (QED) is 0.459. The van der Waals surface area contributed by atoms with Crippen LogP contribution in [0.3, 0.4) is 0 Å². The van der Waals surface area contributed by atoms with Crippen LogP contribution in [0.2, 0.25) is 0 Å². The summed E-state index contributed by atoms with van der Waals surface area (Å²) in [4.78, 5) is 6.73. The van der Waals surface area contributed by atoms with Gasteiger partial charge in [0.2, 0.25) is 0 Å². The van der Waals surface area contributed by atoms with Crippen LogP contribution in [0.5, 0.6) is 0 Å². The first-order chi connectivity index (χ1) is 10.0. The molecule has 2 N–H and O–H groups in total. The van der Waals surface area contributed by atoms with Gasteiger partial charge in [-0.1, -0.05) is 0 Å². The second-order valence-electron chi connectivity index (χ2n) is 6.08. The van der Waals surface area contributed by atoms with Crippen LogP contribution in [0.25, 0.3) is 0 Å². The Morgan fingerprint density at radius 1 is 1.24 bits per heavy atom. The van der Waals surface area contributed by atoms with Gasteiger partial charge in [0, 0.05) is 53.5 Å². The lowest BCUT2D eigenvalue weighted by atomic mass is 10.1. The number of nitrogens with zero attached hydrogens (tertiary/aromatic N) is 2. The van der Waals surface area contributed by atoms with Crippen molar-refractivity contribution in [2.75, 3.05) is 54.1 Å². The molecule has 6 nitrogen and oxygen atoms in total. The molecule has 21 heavy (non-hydrogen) atoms. The summed E-state index contributed by atoms with van der Waals surface area (Å²) in [7, 11) is 5.27. The first kappa shape index (κ1) is 18.2. The van der Waals surface area contributed by atoms with Crippen molar-refractivity contribution in [3.63, 3.8) is 0 Å². The lowest BCUT2D eigenvalue weighted by Gasteiger charge is -2.25. The molecular weight excluding hydrogens is 268 g/mol. The van der Waals surface area contributed by atoms with Crippen molar-refractivity contribution >= 4 is 5.96 Å². The molecule has 0 bridgehead atoms. The predicted molar refractivity (Wildman–Crippen MR) is 86.9 cm³/mol. The number of guanidine groups is 1. The highest BCUT2D eigenvalue weighted by Crippen LogP contribution is 2.25. The zero-order valence-corrected chi connectivity index (χ0v) is 14.2. The van der Waals surface area contributed by atoms with Gasteiger partial charge < -0.3 is 20.1 Å². The third kappa shape index (κ3) is 7.64. The Labute approximate surface area is 129 Å². The monoisotopic (exact) mass is 300 g/mol. The molecule has 0 aromatic carbocycles. The fourth-order valence-electron chi connectivity index (χ4n) is 2.03. The summed E-state index contributed by atoms with van der Waals surface area (Å²) in [5.74, 6) is 0.822. The minimum atomic E-state index is -0.198. The zero-order valence-electron chi connectivity index (χ0n) is 14.2. The van der Waals surface area contributed by atoms with Crippen LogP contribution in [0.4, 0.5) is 0 Å². The summed E-state index contributed by atoms with van der Waals surface area (Å²) < 4.78 is 10.6. The van der Waals surface area contributed by atoms with E-state index in [1.54, 1.807) is 21.3 Å². The predicted octanol–water partition coefficient (Wildman–Crippen LogP) is 0.687. The van der Waals surface area contributed by atoms with Crippen LogP contribution in [-0.2, 0) is 9.47 Å². The van der Waals surface area contributed by atoms with Gasteiger partial charge in [0.25, 0.3) is 0 Å². The SMILES string of the molecule is CN=C(NCCN(CCOC)C1CC1)NCC(C)(C)OC. The molecule has 1 fully saturated rings. The lowest BCUT2D eigenvalue weighted by molar-refractivity contribution is 0.0268. The summed E-state index contributed by atoms with van der Waals surface area (Å²) in [6, 6.07) is 0.754. The highest BCUT2D eigenvalue weighted by Gasteiger charge is 2.28. The molecule has 0 radical (unpaired) electrons. The van der Waals surface area contributed by atoms with Gasteiger partial charge in [-0.25, -0.2) is 0 Å². The molecule has 0 amide bonds. The van der Waals surface area contributed by atoms with E-state index in [-0.39, 0.29) is 5.60 Å². The largest absolute Gasteiger partial charge is 0.383 e. The first-order valence-electron chi connectivity index (χ1n) is 7.75. The van der Waals surface area contributed by atoms with Crippen molar-refractivity contribution in [3.8, 4) is 0 Å². The Bertz CT molecular complexity index is 317. The van der Waals surface area contributed by atoms with E-state index in [2.05, 4.69) is 20.5 Å². The van der Waals surface area contributed by atoms with Gasteiger partial charge in [0.15, 0.2) is 5.96 Å². The highest BCUT2D eigenvalue weighted by atomic mass is 16.5. The third-order valence-electron chi connectivity index (χ3n) is 3.80. The average molecular weight is 300 g/mol. The van der Waals surface area contributed by atoms with Gasteiger partial charge in [-0.15, -0.1) is 0 Å². The smallest absolute Gasteiger partial charge is 0.191 e. The molecule has 1 saturated carbocycles. The maximum Gasteiger partial charge on any atom is 0.191 e. The van der Waals surface area contributed by atoms with Crippen molar-refractivity contribution in [1.29, 1.82) is 0 Å². The standard InChI is InChI=1S/C15H32N4O2/c1-15(2,21-5)12-18-14(16-3)17-8-9-19(10-11-20-4)13-6-7-13/h13H,6-12H2,1-5H3,(H2,16,17,18). The van der Waals surface area contributed by atoms with E-state index in [1.807, 2.05) is 13.8 Å². The second-order valence-corrected chi connectivity index (χ2v) is 6.08. The Kier molecular flexibility index (Phi) is 8.00. The Morgan fingerprint density at radius 2 is 1.95 bits per heavy atom. The molecule has 0 atom stereocenters. The van der Waals surface area contributed by atoms with E-state index >= 15 is 0 Å². The average Bonchev–Trinajstić information content (AvgIpc) is 3.30. The summed E-state index contributed by atoms with van der Waals surface area (Å²) in [5.41, 5.74) is -0.198. The number of nitrogens with one attached hydrogen (secondary N) is 2. The Balaban J connectivity index is 2.24. The number of methoxy groups -OCH3 is 2. The van der Waals surface area contributed by atoms with Crippen molar-refractivity contribution in [3.05, 3.63) is 0 Å². The van der Waals surface area contributed by atoms with Crippen molar-refractivity contribution in [1.82, 2.24) is 15.5 Å². The molecule has 6 heteroatoms. The van der Waals surface area contributed by atoms with Gasteiger partial charge in [-0.2, -0.15) is 0 Å². The number of hydrogen-bond donors (Lipinski definition) is 2. The molecule has 124 valence electrons. The number of ether oxygens (including phenoxy) is 2. The maximum atomic E-state index is 5.39. The molecule has 0 saturated heterocycles. The van der Waals surface area contributed by atoms with Crippen LogP contribution in [-0.4, -0.2) is 76.6 Å². The molecule has 0 spiro atoms. The van der Waals surface area contributed by atoms with Crippen molar-refractivity contribution in [2.45, 2.75) is 38.3 Å². The molecule has 0 aliphatic heterocycles. The van der Waals surface area contributed by atoms with Crippen molar-refractivity contribution in [2.24, 2.45) is 4.99 Å². The Hall–Kier alpha value is -0.850. The lowest BCUT2D eigenvalue weighted by Crippen LogP contribution is -2.47. The Morgan fingerprint density at radius 3 is 2.48 bits per heavy atom. The van der Waals surface area contributed by atoms with E-state index in [0.717, 1.165) is 44.8 Å². The fourth-order valence-corrected chi connectivity index (χ4v) is 2.03. The van der Waals surface area contributed by atoms with Gasteiger partial charge >= 0.3 is 0 Å². The van der Waals surface area contributed by atoms with Gasteiger partial charge in [0.05, 0.1) is 12.2 Å². The molecular formula is C15H32N4O2. The summed E-state index contributed by atoms with van der Waals surface area (Å²) in [6.07, 6.45) is 2.64. The first-order valence-corrected chi connectivity index (χ1v) is 7.75. The van der Waals surface area contributed by atoms with Gasteiger partial charge in [-0.05, 0) is 26.7 Å². The van der Waals surface area contributed by atoms with Gasteiger partial charge in [0.1, 0.15) is 0 Å². The molecule has 0 aromatic rings. The molecule has 1 rings (SSSR count). The third-order valence-corrected chi connectivity index (χ3v) is 3.80. The maximum absolute atomic E-state index is 5.39. The normalized spacial score (nSPS) is 16.4. The highest BCUT2D eigenvalue weighted by molar-refractivity contribution is 5.79. The molecule has 0 unspecified atom stereocenters. The second kappa shape index (κ2) is 9.23. The van der Waals surface area contributed by atoms with Crippen LogP contribution >= 0.6 is 0 Å². The number of rotatable bonds is 10. The van der Waals surface area contributed by atoms with Crippen LogP contribution in [0, 0.1) is 0 Å². The van der Waals surface area contributed by atoms with Crippen molar-refractivity contribution < 1.29 is 9.47 Å².